The van der Waals surface area contributed by atoms with Crippen molar-refractivity contribution in [3.8, 4) is 0 Å². The second kappa shape index (κ2) is 6.51. The number of carbonyl (C=O) groups excluding carboxylic acids is 1. The molecule has 0 unspecified atom stereocenters. The number of rotatable bonds is 2. The number of nitrogens with two attached hydrogens (primary N) is 1. The zero-order valence-corrected chi connectivity index (χ0v) is 12.7. The molecule has 0 radical (unpaired) electrons. The van der Waals surface area contributed by atoms with Gasteiger partial charge in [0.15, 0.2) is 5.58 Å². The molecule has 2 aromatic rings. The van der Waals surface area contributed by atoms with Gasteiger partial charge in [-0.15, -0.1) is 12.4 Å². The highest BCUT2D eigenvalue weighted by Gasteiger charge is 2.27. The van der Waals surface area contributed by atoms with Gasteiger partial charge < -0.3 is 20.2 Å². The van der Waals surface area contributed by atoms with Crippen LogP contribution in [0.3, 0.4) is 0 Å². The first kappa shape index (κ1) is 16.5. The number of para-hydroxylation sites is 2. The van der Waals surface area contributed by atoms with E-state index in [1.54, 1.807) is 24.3 Å². The van der Waals surface area contributed by atoms with Crippen molar-refractivity contribution < 1.29 is 14.3 Å². The molecule has 3 rings (SSSR count). The molecule has 1 aromatic carbocycles. The van der Waals surface area contributed by atoms with Crippen LogP contribution in [0.15, 0.2) is 33.5 Å². The molecule has 120 valence electrons. The number of oxazole rings is 1. The Kier molecular flexibility index (Phi) is 4.90. The van der Waals surface area contributed by atoms with Crippen LogP contribution in [0.5, 0.6) is 0 Å². The summed E-state index contributed by atoms with van der Waals surface area (Å²) in [5.41, 5.74) is 6.84. The van der Waals surface area contributed by atoms with E-state index < -0.39 is 11.9 Å². The number of hydrogen-bond donors (Lipinski definition) is 2. The zero-order chi connectivity index (χ0) is 15.0. The first-order valence-corrected chi connectivity index (χ1v) is 6.84. The topological polar surface area (TPSA) is 102 Å². The third kappa shape index (κ3) is 3.16. The maximum absolute atomic E-state index is 12.3. The first-order valence-electron chi connectivity index (χ1n) is 6.84. The molecule has 2 atom stereocenters. The zero-order valence-electron chi connectivity index (χ0n) is 11.8. The fraction of sp³-hybridized carbons (Fsp3) is 0.429. The lowest BCUT2D eigenvalue weighted by Crippen LogP contribution is -2.52. The first-order chi connectivity index (χ1) is 10.0. The molecule has 0 saturated carbocycles. The SMILES string of the molecule is Cl.N[C@H]1C[C@@H](O)CN(C(=O)Cn2c(=O)oc3ccccc32)C1. The lowest BCUT2D eigenvalue weighted by atomic mass is 10.0. The van der Waals surface area contributed by atoms with Gasteiger partial charge in [0.25, 0.3) is 0 Å². The number of halogens is 1. The summed E-state index contributed by atoms with van der Waals surface area (Å²) in [5.74, 6) is -0.816. The molecule has 0 bridgehead atoms. The summed E-state index contributed by atoms with van der Waals surface area (Å²) in [6.45, 7) is 0.521. The molecule has 1 fully saturated rings. The van der Waals surface area contributed by atoms with Crippen molar-refractivity contribution in [1.29, 1.82) is 0 Å². The lowest BCUT2D eigenvalue weighted by molar-refractivity contribution is -0.135. The van der Waals surface area contributed by atoms with E-state index in [1.165, 1.54) is 9.47 Å². The number of carbonyl (C=O) groups is 1. The molecule has 3 N–H and O–H groups in total. The quantitative estimate of drug-likeness (QED) is 0.804. The number of likely N-dealkylation sites (tertiary alicyclic amines) is 1. The van der Waals surface area contributed by atoms with Crippen LogP contribution in [0.2, 0.25) is 0 Å². The van der Waals surface area contributed by atoms with Crippen molar-refractivity contribution in [2.45, 2.75) is 25.1 Å². The van der Waals surface area contributed by atoms with Crippen LogP contribution in [-0.2, 0) is 11.3 Å². The number of benzene rings is 1. The second-order valence-electron chi connectivity index (χ2n) is 5.37. The smallest absolute Gasteiger partial charge is 0.408 e. The average molecular weight is 328 g/mol. The van der Waals surface area contributed by atoms with E-state index in [0.29, 0.717) is 24.1 Å². The molecule has 22 heavy (non-hydrogen) atoms. The molecule has 7 nitrogen and oxygen atoms in total. The molecule has 1 aliphatic heterocycles. The van der Waals surface area contributed by atoms with Gasteiger partial charge >= 0.3 is 5.76 Å². The maximum atomic E-state index is 12.3. The van der Waals surface area contributed by atoms with Crippen LogP contribution >= 0.6 is 12.4 Å². The van der Waals surface area contributed by atoms with Crippen LogP contribution in [0.1, 0.15) is 6.42 Å². The molecule has 2 heterocycles. The summed E-state index contributed by atoms with van der Waals surface area (Å²) in [4.78, 5) is 25.6. The van der Waals surface area contributed by atoms with Crippen molar-refractivity contribution in [3.63, 3.8) is 0 Å². The van der Waals surface area contributed by atoms with E-state index in [2.05, 4.69) is 0 Å². The Labute approximate surface area is 132 Å². The number of aliphatic hydroxyl groups is 1. The van der Waals surface area contributed by atoms with Gasteiger partial charge in [0.2, 0.25) is 5.91 Å². The van der Waals surface area contributed by atoms with Crippen molar-refractivity contribution >= 4 is 29.4 Å². The number of aromatic nitrogens is 1. The normalized spacial score (nSPS) is 21.6. The third-order valence-corrected chi connectivity index (χ3v) is 3.68. The van der Waals surface area contributed by atoms with Crippen LogP contribution < -0.4 is 11.5 Å². The minimum atomic E-state index is -0.615. The highest BCUT2D eigenvalue weighted by molar-refractivity contribution is 5.85. The number of aliphatic hydroxyl groups excluding tert-OH is 1. The van der Waals surface area contributed by atoms with E-state index in [9.17, 15) is 14.7 Å². The Morgan fingerprint density at radius 1 is 1.36 bits per heavy atom. The summed E-state index contributed by atoms with van der Waals surface area (Å²) in [6.07, 6.45) is -0.131. The van der Waals surface area contributed by atoms with E-state index in [4.69, 9.17) is 10.2 Å². The van der Waals surface area contributed by atoms with Gasteiger partial charge in [0, 0.05) is 19.1 Å². The minimum Gasteiger partial charge on any atom is -0.408 e. The van der Waals surface area contributed by atoms with E-state index in [0.717, 1.165) is 0 Å². The van der Waals surface area contributed by atoms with Gasteiger partial charge in [-0.1, -0.05) is 12.1 Å². The summed E-state index contributed by atoms with van der Waals surface area (Å²) in [7, 11) is 0. The van der Waals surface area contributed by atoms with E-state index in [1.807, 2.05) is 0 Å². The Morgan fingerprint density at radius 3 is 2.82 bits per heavy atom. The maximum Gasteiger partial charge on any atom is 0.420 e. The Bertz CT molecular complexity index is 716. The predicted molar refractivity (Wildman–Crippen MR) is 82.9 cm³/mol. The molecular weight excluding hydrogens is 310 g/mol. The number of hydrogen-bond acceptors (Lipinski definition) is 5. The molecule has 0 aliphatic carbocycles. The monoisotopic (exact) mass is 327 g/mol. The second-order valence-corrected chi connectivity index (χ2v) is 5.37. The molecule has 1 aromatic heterocycles. The average Bonchev–Trinajstić information content (AvgIpc) is 2.74. The van der Waals surface area contributed by atoms with Crippen molar-refractivity contribution in [3.05, 3.63) is 34.8 Å². The number of piperidine rings is 1. The fourth-order valence-corrected chi connectivity index (χ4v) is 2.71. The summed E-state index contributed by atoms with van der Waals surface area (Å²) in [6, 6.07) is 6.70. The van der Waals surface area contributed by atoms with Gasteiger partial charge in [-0.3, -0.25) is 9.36 Å². The predicted octanol–water partition coefficient (Wildman–Crippen LogP) is -0.0632. The lowest BCUT2D eigenvalue weighted by Gasteiger charge is -2.33. The van der Waals surface area contributed by atoms with Gasteiger partial charge in [-0.25, -0.2) is 4.79 Å². The molecule has 1 amide bonds. The standard InChI is InChI=1S/C14H17N3O4.ClH/c15-9-5-10(18)7-16(6-9)13(19)8-17-11-3-1-2-4-12(11)21-14(17)20;/h1-4,9-10,18H,5-8,15H2;1H/t9-,10+;/m0./s1. The molecular formula is C14H18ClN3O4. The number of amides is 1. The van der Waals surface area contributed by atoms with E-state index in [-0.39, 0.29) is 37.4 Å². The Morgan fingerprint density at radius 2 is 2.09 bits per heavy atom. The highest BCUT2D eigenvalue weighted by Crippen LogP contribution is 2.14. The van der Waals surface area contributed by atoms with Gasteiger partial charge in [-0.05, 0) is 18.6 Å². The van der Waals surface area contributed by atoms with Crippen molar-refractivity contribution in [2.75, 3.05) is 13.1 Å². The summed E-state index contributed by atoms with van der Waals surface area (Å²) in [5, 5.41) is 9.69. The van der Waals surface area contributed by atoms with Gasteiger partial charge in [-0.2, -0.15) is 0 Å². The summed E-state index contributed by atoms with van der Waals surface area (Å²) >= 11 is 0. The third-order valence-electron chi connectivity index (χ3n) is 3.68. The fourth-order valence-electron chi connectivity index (χ4n) is 2.71. The van der Waals surface area contributed by atoms with Crippen molar-refractivity contribution in [1.82, 2.24) is 9.47 Å². The van der Waals surface area contributed by atoms with Crippen molar-refractivity contribution in [2.24, 2.45) is 5.73 Å². The Balaban J connectivity index is 0.00000176. The summed E-state index contributed by atoms with van der Waals surface area (Å²) < 4.78 is 6.39. The molecule has 1 aliphatic rings. The minimum absolute atomic E-state index is 0. The highest BCUT2D eigenvalue weighted by atomic mass is 35.5. The van der Waals surface area contributed by atoms with Gasteiger partial charge in [0.1, 0.15) is 6.54 Å². The molecule has 0 spiro atoms. The number of β-amino-alcohol motifs (C(OH)–C–C–N with tert-alkyl or cyclic N) is 1. The number of fused-ring (bicyclic) bond motifs is 1. The Hall–Kier alpha value is -1.83. The van der Waals surface area contributed by atoms with Crippen LogP contribution in [-0.4, -0.2) is 45.7 Å². The number of nitrogens with zero attached hydrogens (tertiary/aromatic N) is 2. The molecule has 8 heteroatoms. The van der Waals surface area contributed by atoms with E-state index >= 15 is 0 Å². The van der Waals surface area contributed by atoms with Gasteiger partial charge in [0.05, 0.1) is 11.6 Å². The largest absolute Gasteiger partial charge is 0.420 e. The van der Waals surface area contributed by atoms with Crippen LogP contribution in [0, 0.1) is 0 Å². The molecule has 1 saturated heterocycles. The van der Waals surface area contributed by atoms with Crippen LogP contribution in [0.4, 0.5) is 0 Å². The van der Waals surface area contributed by atoms with Crippen LogP contribution in [0.25, 0.3) is 11.1 Å².